The van der Waals surface area contributed by atoms with Gasteiger partial charge in [0.15, 0.2) is 0 Å². The molecule has 0 radical (unpaired) electrons. The second-order valence-electron chi connectivity index (χ2n) is 2.60. The Balaban J connectivity index is 2.08. The zero-order valence-corrected chi connectivity index (χ0v) is 6.56. The van der Waals surface area contributed by atoms with E-state index in [0.717, 1.165) is 13.2 Å². The van der Waals surface area contributed by atoms with Gasteiger partial charge in [-0.1, -0.05) is 0 Å². The largest absolute Gasteiger partial charge is 0.376 e. The Morgan fingerprint density at radius 2 is 2.67 bits per heavy atom. The fourth-order valence-electron chi connectivity index (χ4n) is 1.11. The van der Waals surface area contributed by atoms with Crippen molar-refractivity contribution in [2.75, 3.05) is 25.5 Å². The van der Waals surface area contributed by atoms with Gasteiger partial charge in [-0.2, -0.15) is 0 Å². The van der Waals surface area contributed by atoms with Gasteiger partial charge in [-0.05, 0) is 0 Å². The molecule has 1 aliphatic rings. The standard InChI is InChI=1S/C6H11N4O2/c7-5-3-12-10(9-5)6-4-11-2-1-8-6/h3,6,8H,1-2,4,7H2/q+1. The Kier molecular flexibility index (Phi) is 1.92. The van der Waals surface area contributed by atoms with Crippen LogP contribution in [0, 0.1) is 0 Å². The first-order valence-corrected chi connectivity index (χ1v) is 3.81. The summed E-state index contributed by atoms with van der Waals surface area (Å²) in [5, 5.41) is 7.09. The van der Waals surface area contributed by atoms with Crippen LogP contribution in [0.5, 0.6) is 0 Å². The smallest absolute Gasteiger partial charge is 0.309 e. The van der Waals surface area contributed by atoms with Crippen molar-refractivity contribution in [2.45, 2.75) is 6.17 Å². The summed E-state index contributed by atoms with van der Waals surface area (Å²) in [7, 11) is 0. The van der Waals surface area contributed by atoms with Crippen molar-refractivity contribution in [2.24, 2.45) is 0 Å². The van der Waals surface area contributed by atoms with Crippen molar-refractivity contribution < 1.29 is 14.1 Å². The summed E-state index contributed by atoms with van der Waals surface area (Å²) in [6, 6.07) is 0. The second-order valence-corrected chi connectivity index (χ2v) is 2.60. The molecule has 0 aromatic carbocycles. The lowest BCUT2D eigenvalue weighted by atomic mass is 10.4. The number of ether oxygens (including phenoxy) is 1. The Morgan fingerprint density at radius 1 is 1.75 bits per heavy atom. The number of rotatable bonds is 1. The Morgan fingerprint density at radius 3 is 3.25 bits per heavy atom. The third-order valence-electron chi connectivity index (χ3n) is 1.66. The van der Waals surface area contributed by atoms with Gasteiger partial charge in [0.2, 0.25) is 12.1 Å². The SMILES string of the molecule is Nc1co[n+](C2COCCN2)n1. The number of nitrogens with zero attached hydrogens (tertiary/aromatic N) is 2. The number of nitrogen functional groups attached to an aromatic ring is 1. The number of nitrogens with one attached hydrogen (secondary N) is 1. The van der Waals surface area contributed by atoms with Crippen LogP contribution in [0.3, 0.4) is 0 Å². The molecule has 1 saturated heterocycles. The average Bonchev–Trinajstić information content (AvgIpc) is 2.54. The van der Waals surface area contributed by atoms with Gasteiger partial charge in [0.1, 0.15) is 11.5 Å². The van der Waals surface area contributed by atoms with Crippen LogP contribution in [-0.4, -0.2) is 24.9 Å². The second kappa shape index (κ2) is 3.08. The summed E-state index contributed by atoms with van der Waals surface area (Å²) in [5.41, 5.74) is 5.39. The first-order chi connectivity index (χ1) is 5.86. The van der Waals surface area contributed by atoms with Crippen molar-refractivity contribution in [3.63, 3.8) is 0 Å². The van der Waals surface area contributed by atoms with E-state index in [-0.39, 0.29) is 6.17 Å². The van der Waals surface area contributed by atoms with Crippen molar-refractivity contribution >= 4 is 5.82 Å². The van der Waals surface area contributed by atoms with E-state index in [1.807, 2.05) is 0 Å². The highest BCUT2D eigenvalue weighted by atomic mass is 16.5. The molecule has 6 nitrogen and oxygen atoms in total. The van der Waals surface area contributed by atoms with E-state index in [9.17, 15) is 0 Å². The number of anilines is 1. The van der Waals surface area contributed by atoms with E-state index in [1.165, 1.54) is 11.1 Å². The summed E-state index contributed by atoms with van der Waals surface area (Å²) < 4.78 is 10.3. The minimum Gasteiger partial charge on any atom is -0.376 e. The van der Waals surface area contributed by atoms with Gasteiger partial charge in [-0.25, -0.2) is 9.84 Å². The van der Waals surface area contributed by atoms with Crippen LogP contribution in [-0.2, 0) is 4.74 Å². The maximum absolute atomic E-state index is 5.39. The van der Waals surface area contributed by atoms with Crippen LogP contribution in [0.15, 0.2) is 10.8 Å². The van der Waals surface area contributed by atoms with E-state index in [2.05, 4.69) is 10.4 Å². The van der Waals surface area contributed by atoms with Crippen LogP contribution < -0.4 is 15.9 Å². The van der Waals surface area contributed by atoms with Crippen LogP contribution >= 0.6 is 0 Å². The van der Waals surface area contributed by atoms with Gasteiger partial charge in [0, 0.05) is 6.54 Å². The van der Waals surface area contributed by atoms with E-state index >= 15 is 0 Å². The highest BCUT2D eigenvalue weighted by Gasteiger charge is 2.27. The molecule has 0 aliphatic carbocycles. The zero-order valence-electron chi connectivity index (χ0n) is 6.56. The molecule has 12 heavy (non-hydrogen) atoms. The number of hydrogen-bond acceptors (Lipinski definition) is 5. The normalized spacial score (nSPS) is 24.2. The van der Waals surface area contributed by atoms with Crippen LogP contribution in [0.4, 0.5) is 5.82 Å². The first-order valence-electron chi connectivity index (χ1n) is 3.81. The van der Waals surface area contributed by atoms with Crippen LogP contribution in [0.25, 0.3) is 0 Å². The average molecular weight is 171 g/mol. The molecule has 66 valence electrons. The predicted octanol–water partition coefficient (Wildman–Crippen LogP) is -1.34. The maximum atomic E-state index is 5.39. The summed E-state index contributed by atoms with van der Waals surface area (Å²) in [5.74, 6) is 0.377. The molecule has 0 spiro atoms. The van der Waals surface area contributed by atoms with Crippen molar-refractivity contribution in [1.82, 2.24) is 10.4 Å². The number of hydrogen-bond donors (Lipinski definition) is 2. The predicted molar refractivity (Wildman–Crippen MR) is 39.0 cm³/mol. The molecule has 1 aromatic rings. The number of aromatic nitrogens is 2. The molecule has 1 atom stereocenters. The topological polar surface area (TPSA) is 77.2 Å². The maximum Gasteiger partial charge on any atom is 0.309 e. The third kappa shape index (κ3) is 1.39. The molecule has 0 amide bonds. The molecule has 2 rings (SSSR count). The molecule has 0 saturated carbocycles. The van der Waals surface area contributed by atoms with Gasteiger partial charge in [0.05, 0.1) is 11.7 Å². The van der Waals surface area contributed by atoms with Crippen molar-refractivity contribution in [1.29, 1.82) is 0 Å². The van der Waals surface area contributed by atoms with Crippen LogP contribution in [0.2, 0.25) is 0 Å². The molecule has 6 heteroatoms. The lowest BCUT2D eigenvalue weighted by Crippen LogP contribution is -2.54. The molecule has 1 aliphatic heterocycles. The fourth-order valence-corrected chi connectivity index (χ4v) is 1.11. The summed E-state index contributed by atoms with van der Waals surface area (Å²) in [6.07, 6.45) is 1.37. The zero-order chi connectivity index (χ0) is 8.39. The highest BCUT2D eigenvalue weighted by Crippen LogP contribution is 1.98. The highest BCUT2D eigenvalue weighted by molar-refractivity contribution is 5.15. The molecule has 3 N–H and O–H groups in total. The Hall–Kier alpha value is -1.14. The minimum atomic E-state index is -0.0314. The summed E-state index contributed by atoms with van der Waals surface area (Å²) >= 11 is 0. The number of morpholine rings is 1. The van der Waals surface area contributed by atoms with Gasteiger partial charge in [-0.15, -0.1) is 0 Å². The van der Waals surface area contributed by atoms with Gasteiger partial charge < -0.3 is 10.5 Å². The van der Waals surface area contributed by atoms with Gasteiger partial charge in [0.25, 0.3) is 0 Å². The lowest BCUT2D eigenvalue weighted by molar-refractivity contribution is -0.930. The lowest BCUT2D eigenvalue weighted by Gasteiger charge is -2.14. The molecule has 0 bridgehead atoms. The first kappa shape index (κ1) is 7.51. The number of nitrogens with two attached hydrogens (primary N) is 1. The van der Waals surface area contributed by atoms with Gasteiger partial charge in [-0.3, -0.25) is 0 Å². The van der Waals surface area contributed by atoms with E-state index in [1.54, 1.807) is 0 Å². The fraction of sp³-hybridized carbons (Fsp3) is 0.667. The molecule has 1 fully saturated rings. The van der Waals surface area contributed by atoms with Crippen molar-refractivity contribution in [3.05, 3.63) is 6.26 Å². The van der Waals surface area contributed by atoms with E-state index in [0.29, 0.717) is 12.4 Å². The van der Waals surface area contributed by atoms with E-state index in [4.69, 9.17) is 15.0 Å². The van der Waals surface area contributed by atoms with E-state index < -0.39 is 0 Å². The molecular formula is C6H11N4O2+. The minimum absolute atomic E-state index is 0.0314. The van der Waals surface area contributed by atoms with Crippen molar-refractivity contribution in [3.8, 4) is 0 Å². The molecule has 2 heterocycles. The molecule has 1 aromatic heterocycles. The summed E-state index contributed by atoms with van der Waals surface area (Å²) in [6.45, 7) is 2.10. The Bertz CT molecular complexity index is 256. The molecular weight excluding hydrogens is 160 g/mol. The third-order valence-corrected chi connectivity index (χ3v) is 1.66. The molecule has 1 unspecified atom stereocenters. The van der Waals surface area contributed by atoms with Crippen LogP contribution in [0.1, 0.15) is 6.17 Å². The van der Waals surface area contributed by atoms with Gasteiger partial charge >= 0.3 is 6.17 Å². The summed E-state index contributed by atoms with van der Waals surface area (Å²) in [4.78, 5) is 1.41. The monoisotopic (exact) mass is 171 g/mol. The quantitative estimate of drug-likeness (QED) is 0.511. The Labute approximate surface area is 69.3 Å².